The van der Waals surface area contributed by atoms with Gasteiger partial charge < -0.3 is 4.90 Å². The summed E-state index contributed by atoms with van der Waals surface area (Å²) in [7, 11) is 0. The van der Waals surface area contributed by atoms with Crippen molar-refractivity contribution < 1.29 is 9.18 Å². The lowest BCUT2D eigenvalue weighted by molar-refractivity contribution is -0.129. The van der Waals surface area contributed by atoms with Gasteiger partial charge in [0.15, 0.2) is 5.16 Å². The molecule has 1 aliphatic heterocycles. The Morgan fingerprint density at radius 1 is 1.07 bits per heavy atom. The SMILES string of the molecule is O=C(CSc1nncn1-c1ccccc1F)N1CCC(Cc2ccccc2)CC1. The predicted octanol–water partition coefficient (Wildman–Crippen LogP) is 3.98. The first-order valence-corrected chi connectivity index (χ1v) is 10.8. The predicted molar refractivity (Wildman–Crippen MR) is 111 cm³/mol. The molecule has 0 spiro atoms. The minimum Gasteiger partial charge on any atom is -0.342 e. The first-order valence-electron chi connectivity index (χ1n) is 9.80. The molecule has 0 atom stereocenters. The summed E-state index contributed by atoms with van der Waals surface area (Å²) in [5, 5.41) is 8.44. The molecule has 7 heteroatoms. The summed E-state index contributed by atoms with van der Waals surface area (Å²) in [6.45, 7) is 1.58. The zero-order valence-electron chi connectivity index (χ0n) is 16.1. The molecule has 2 heterocycles. The van der Waals surface area contributed by atoms with E-state index in [9.17, 15) is 9.18 Å². The van der Waals surface area contributed by atoms with Gasteiger partial charge in [-0.2, -0.15) is 0 Å². The van der Waals surface area contributed by atoms with Gasteiger partial charge in [-0.3, -0.25) is 9.36 Å². The topological polar surface area (TPSA) is 51.0 Å². The van der Waals surface area contributed by atoms with Crippen LogP contribution in [0, 0.1) is 11.7 Å². The van der Waals surface area contributed by atoms with Gasteiger partial charge in [0, 0.05) is 13.1 Å². The Bertz CT molecular complexity index is 954. The van der Waals surface area contributed by atoms with Gasteiger partial charge in [0.05, 0.1) is 11.4 Å². The molecule has 2 aromatic carbocycles. The van der Waals surface area contributed by atoms with Crippen LogP contribution in [-0.4, -0.2) is 44.4 Å². The third-order valence-electron chi connectivity index (χ3n) is 5.29. The van der Waals surface area contributed by atoms with Crippen LogP contribution in [0.2, 0.25) is 0 Å². The number of piperidine rings is 1. The fraction of sp³-hybridized carbons (Fsp3) is 0.318. The standard InChI is InChI=1S/C22H23FN4OS/c23-19-8-4-5-9-20(19)27-16-24-25-22(27)29-15-21(28)26-12-10-18(11-13-26)14-17-6-2-1-3-7-17/h1-9,16,18H,10-15H2. The number of carbonyl (C=O) groups excluding carboxylic acids is 1. The van der Waals surface area contributed by atoms with Crippen molar-refractivity contribution in [3.05, 3.63) is 72.3 Å². The summed E-state index contributed by atoms with van der Waals surface area (Å²) in [5.41, 5.74) is 1.74. The number of para-hydroxylation sites is 1. The van der Waals surface area contributed by atoms with Crippen LogP contribution in [-0.2, 0) is 11.2 Å². The number of aromatic nitrogens is 3. The number of nitrogens with zero attached hydrogens (tertiary/aromatic N) is 4. The number of amides is 1. The van der Waals surface area contributed by atoms with Crippen molar-refractivity contribution in [2.45, 2.75) is 24.4 Å². The Morgan fingerprint density at radius 2 is 1.79 bits per heavy atom. The molecule has 3 aromatic rings. The second kappa shape index (κ2) is 9.22. The molecule has 0 aliphatic carbocycles. The van der Waals surface area contributed by atoms with Crippen molar-refractivity contribution in [2.24, 2.45) is 5.92 Å². The average molecular weight is 411 g/mol. The van der Waals surface area contributed by atoms with Gasteiger partial charge in [0.25, 0.3) is 0 Å². The van der Waals surface area contributed by atoms with Crippen molar-refractivity contribution in [2.75, 3.05) is 18.8 Å². The molecule has 1 aliphatic rings. The number of benzene rings is 2. The monoisotopic (exact) mass is 410 g/mol. The molecule has 0 saturated carbocycles. The zero-order valence-corrected chi connectivity index (χ0v) is 16.9. The molecule has 0 radical (unpaired) electrons. The van der Waals surface area contributed by atoms with Crippen molar-refractivity contribution in [1.82, 2.24) is 19.7 Å². The van der Waals surface area contributed by atoms with E-state index in [0.29, 0.717) is 16.8 Å². The number of hydrogen-bond acceptors (Lipinski definition) is 4. The maximum absolute atomic E-state index is 14.1. The lowest BCUT2D eigenvalue weighted by Crippen LogP contribution is -2.39. The van der Waals surface area contributed by atoms with E-state index in [0.717, 1.165) is 32.4 Å². The number of likely N-dealkylation sites (tertiary alicyclic amines) is 1. The van der Waals surface area contributed by atoms with Crippen LogP contribution in [0.15, 0.2) is 66.1 Å². The highest BCUT2D eigenvalue weighted by molar-refractivity contribution is 7.99. The van der Waals surface area contributed by atoms with Gasteiger partial charge in [-0.05, 0) is 42.9 Å². The Morgan fingerprint density at radius 3 is 2.55 bits per heavy atom. The summed E-state index contributed by atoms with van der Waals surface area (Å²) < 4.78 is 15.6. The lowest BCUT2D eigenvalue weighted by atomic mass is 9.90. The second-order valence-electron chi connectivity index (χ2n) is 7.24. The summed E-state index contributed by atoms with van der Waals surface area (Å²) >= 11 is 1.29. The summed E-state index contributed by atoms with van der Waals surface area (Å²) in [5.74, 6) is 0.645. The molecule has 0 N–H and O–H groups in total. The number of rotatable bonds is 6. The minimum atomic E-state index is -0.346. The Labute approximate surface area is 173 Å². The van der Waals surface area contributed by atoms with Crippen LogP contribution in [0.3, 0.4) is 0 Å². The van der Waals surface area contributed by atoms with E-state index < -0.39 is 0 Å². The quantitative estimate of drug-likeness (QED) is 0.577. The van der Waals surface area contributed by atoms with Crippen molar-refractivity contribution in [1.29, 1.82) is 0 Å². The van der Waals surface area contributed by atoms with Crippen LogP contribution >= 0.6 is 11.8 Å². The fourth-order valence-electron chi connectivity index (χ4n) is 3.69. The molecule has 29 heavy (non-hydrogen) atoms. The highest BCUT2D eigenvalue weighted by Crippen LogP contribution is 2.24. The second-order valence-corrected chi connectivity index (χ2v) is 8.18. The first kappa shape index (κ1) is 19.6. The molecule has 0 bridgehead atoms. The summed E-state index contributed by atoms with van der Waals surface area (Å²) in [6.07, 6.45) is 4.59. The van der Waals surface area contributed by atoms with E-state index >= 15 is 0 Å². The van der Waals surface area contributed by atoms with Gasteiger partial charge in [0.2, 0.25) is 5.91 Å². The van der Waals surface area contributed by atoms with E-state index in [2.05, 4.69) is 34.5 Å². The number of thioether (sulfide) groups is 1. The van der Waals surface area contributed by atoms with Gasteiger partial charge in [-0.25, -0.2) is 4.39 Å². The molecule has 1 saturated heterocycles. The van der Waals surface area contributed by atoms with Crippen LogP contribution in [0.4, 0.5) is 4.39 Å². The smallest absolute Gasteiger partial charge is 0.233 e. The summed E-state index contributed by atoms with van der Waals surface area (Å²) in [4.78, 5) is 14.6. The van der Waals surface area contributed by atoms with Crippen LogP contribution in [0.1, 0.15) is 18.4 Å². The minimum absolute atomic E-state index is 0.0937. The van der Waals surface area contributed by atoms with E-state index in [-0.39, 0.29) is 17.5 Å². The normalized spacial score (nSPS) is 14.9. The van der Waals surface area contributed by atoms with Crippen LogP contribution < -0.4 is 0 Å². The molecule has 1 amide bonds. The van der Waals surface area contributed by atoms with E-state index in [1.165, 1.54) is 29.7 Å². The number of hydrogen-bond donors (Lipinski definition) is 0. The van der Waals surface area contributed by atoms with Crippen molar-refractivity contribution in [3.63, 3.8) is 0 Å². The maximum atomic E-state index is 14.1. The van der Waals surface area contributed by atoms with Crippen LogP contribution in [0.25, 0.3) is 5.69 Å². The van der Waals surface area contributed by atoms with Crippen molar-refractivity contribution in [3.8, 4) is 5.69 Å². The molecule has 5 nitrogen and oxygen atoms in total. The molecule has 0 unspecified atom stereocenters. The molecule has 4 rings (SSSR count). The van der Waals surface area contributed by atoms with Crippen molar-refractivity contribution >= 4 is 17.7 Å². The first-order chi connectivity index (χ1) is 14.2. The average Bonchev–Trinajstić information content (AvgIpc) is 3.22. The maximum Gasteiger partial charge on any atom is 0.233 e. The van der Waals surface area contributed by atoms with E-state index in [1.54, 1.807) is 22.8 Å². The van der Waals surface area contributed by atoms with E-state index in [1.807, 2.05) is 11.0 Å². The highest BCUT2D eigenvalue weighted by atomic mass is 32.2. The Balaban J connectivity index is 1.29. The van der Waals surface area contributed by atoms with Gasteiger partial charge >= 0.3 is 0 Å². The highest BCUT2D eigenvalue weighted by Gasteiger charge is 2.23. The van der Waals surface area contributed by atoms with Crippen LogP contribution in [0.5, 0.6) is 0 Å². The molecule has 150 valence electrons. The fourth-order valence-corrected chi connectivity index (χ4v) is 4.51. The van der Waals surface area contributed by atoms with Gasteiger partial charge in [-0.15, -0.1) is 10.2 Å². The number of carbonyl (C=O) groups is 1. The Kier molecular flexibility index (Phi) is 6.24. The zero-order chi connectivity index (χ0) is 20.1. The Hall–Kier alpha value is -2.67. The third kappa shape index (κ3) is 4.85. The largest absolute Gasteiger partial charge is 0.342 e. The summed E-state index contributed by atoms with van der Waals surface area (Å²) in [6, 6.07) is 17.0. The molecular weight excluding hydrogens is 387 g/mol. The third-order valence-corrected chi connectivity index (χ3v) is 6.22. The molecule has 1 aromatic heterocycles. The lowest BCUT2D eigenvalue weighted by Gasteiger charge is -2.32. The molecular formula is C22H23FN4OS. The number of halogens is 1. The molecule has 1 fully saturated rings. The van der Waals surface area contributed by atoms with Gasteiger partial charge in [0.1, 0.15) is 12.1 Å². The van der Waals surface area contributed by atoms with E-state index in [4.69, 9.17) is 0 Å². The van der Waals surface area contributed by atoms with Gasteiger partial charge in [-0.1, -0.05) is 54.2 Å².